The van der Waals surface area contributed by atoms with Gasteiger partial charge >= 0.3 is 0 Å². The number of hydrogen-bond donors (Lipinski definition) is 2. The van der Waals surface area contributed by atoms with Gasteiger partial charge < -0.3 is 10.6 Å². The second kappa shape index (κ2) is 6.96. The quantitative estimate of drug-likeness (QED) is 0.802. The van der Waals surface area contributed by atoms with Gasteiger partial charge in [0.2, 0.25) is 11.9 Å². The van der Waals surface area contributed by atoms with Crippen LogP contribution in [0, 0.1) is 5.92 Å². The highest BCUT2D eigenvalue weighted by Crippen LogP contribution is 2.14. The SMILES string of the molecule is CCNc1nc(NC(CC)C(C)C)nc(-n2cncn2)n1. The first-order valence-corrected chi connectivity index (χ1v) is 7.25. The van der Waals surface area contributed by atoms with E-state index in [1.165, 1.54) is 11.0 Å². The highest BCUT2D eigenvalue weighted by Gasteiger charge is 2.14. The maximum absolute atomic E-state index is 4.42. The molecule has 2 aromatic rings. The lowest BCUT2D eigenvalue weighted by atomic mass is 10.0. The Balaban J connectivity index is 2.31. The molecule has 0 aliphatic carbocycles. The summed E-state index contributed by atoms with van der Waals surface area (Å²) in [5.41, 5.74) is 0. The van der Waals surface area contributed by atoms with Crippen LogP contribution < -0.4 is 10.6 Å². The van der Waals surface area contributed by atoms with Gasteiger partial charge in [0.25, 0.3) is 5.95 Å². The lowest BCUT2D eigenvalue weighted by Gasteiger charge is -2.21. The van der Waals surface area contributed by atoms with E-state index in [1.54, 1.807) is 6.33 Å². The Labute approximate surface area is 124 Å². The van der Waals surface area contributed by atoms with E-state index in [2.05, 4.69) is 56.4 Å². The summed E-state index contributed by atoms with van der Waals surface area (Å²) in [6.07, 6.45) is 4.01. The predicted molar refractivity (Wildman–Crippen MR) is 81.4 cm³/mol. The van der Waals surface area contributed by atoms with E-state index in [1.807, 2.05) is 6.92 Å². The molecule has 2 aromatic heterocycles. The van der Waals surface area contributed by atoms with E-state index in [-0.39, 0.29) is 0 Å². The Morgan fingerprint density at radius 2 is 1.90 bits per heavy atom. The van der Waals surface area contributed by atoms with Crippen LogP contribution >= 0.6 is 0 Å². The minimum absolute atomic E-state index is 0.311. The van der Waals surface area contributed by atoms with E-state index in [0.29, 0.717) is 29.8 Å². The van der Waals surface area contributed by atoms with Crippen LogP contribution in [-0.4, -0.2) is 42.3 Å². The smallest absolute Gasteiger partial charge is 0.258 e. The molecule has 21 heavy (non-hydrogen) atoms. The van der Waals surface area contributed by atoms with Crippen molar-refractivity contribution in [3.63, 3.8) is 0 Å². The van der Waals surface area contributed by atoms with Crippen molar-refractivity contribution in [2.75, 3.05) is 17.2 Å². The van der Waals surface area contributed by atoms with Crippen LogP contribution in [0.5, 0.6) is 0 Å². The summed E-state index contributed by atoms with van der Waals surface area (Å²) >= 11 is 0. The fraction of sp³-hybridized carbons (Fsp3) is 0.615. The Bertz CT molecular complexity index is 551. The zero-order valence-corrected chi connectivity index (χ0v) is 12.9. The number of nitrogens with zero attached hydrogens (tertiary/aromatic N) is 6. The van der Waals surface area contributed by atoms with Crippen molar-refractivity contribution in [3.8, 4) is 5.95 Å². The van der Waals surface area contributed by atoms with Crippen molar-refractivity contribution in [1.82, 2.24) is 29.7 Å². The van der Waals surface area contributed by atoms with E-state index in [4.69, 9.17) is 0 Å². The fourth-order valence-corrected chi connectivity index (χ4v) is 1.99. The zero-order valence-electron chi connectivity index (χ0n) is 12.9. The summed E-state index contributed by atoms with van der Waals surface area (Å²) < 4.78 is 1.52. The Morgan fingerprint density at radius 3 is 2.48 bits per heavy atom. The first kappa shape index (κ1) is 15.1. The molecule has 1 unspecified atom stereocenters. The summed E-state index contributed by atoms with van der Waals surface area (Å²) in [6.45, 7) is 9.22. The van der Waals surface area contributed by atoms with Gasteiger partial charge in [-0.25, -0.2) is 4.98 Å². The minimum Gasteiger partial charge on any atom is -0.354 e. The largest absolute Gasteiger partial charge is 0.354 e. The van der Waals surface area contributed by atoms with Gasteiger partial charge in [-0.05, 0) is 19.3 Å². The van der Waals surface area contributed by atoms with E-state index < -0.39 is 0 Å². The van der Waals surface area contributed by atoms with Crippen LogP contribution in [0.4, 0.5) is 11.9 Å². The molecule has 0 spiro atoms. The van der Waals surface area contributed by atoms with Crippen LogP contribution in [0.1, 0.15) is 34.1 Å². The number of hydrogen-bond acceptors (Lipinski definition) is 7. The standard InChI is InChI=1S/C13H22N8/c1-5-10(9(3)4)17-12-18-11(15-6-2)19-13(20-12)21-8-14-7-16-21/h7-10H,5-6H2,1-4H3,(H2,15,17,18,19,20). The molecule has 2 heterocycles. The molecular formula is C13H22N8. The fourth-order valence-electron chi connectivity index (χ4n) is 1.99. The second-order valence-electron chi connectivity index (χ2n) is 5.06. The lowest BCUT2D eigenvalue weighted by Crippen LogP contribution is -2.26. The van der Waals surface area contributed by atoms with E-state index in [0.717, 1.165) is 13.0 Å². The summed E-state index contributed by atoms with van der Waals surface area (Å²) in [6, 6.07) is 0.311. The van der Waals surface area contributed by atoms with Crippen LogP contribution in [0.15, 0.2) is 12.7 Å². The molecule has 8 nitrogen and oxygen atoms in total. The van der Waals surface area contributed by atoms with Crippen LogP contribution in [-0.2, 0) is 0 Å². The first-order chi connectivity index (χ1) is 10.1. The number of rotatable bonds is 7. The second-order valence-corrected chi connectivity index (χ2v) is 5.06. The topological polar surface area (TPSA) is 93.4 Å². The minimum atomic E-state index is 0.311. The summed E-state index contributed by atoms with van der Waals surface area (Å²) in [5.74, 6) is 2.01. The molecule has 0 saturated carbocycles. The Kier molecular flexibility index (Phi) is 5.02. The van der Waals surface area contributed by atoms with Gasteiger partial charge in [-0.1, -0.05) is 20.8 Å². The van der Waals surface area contributed by atoms with Gasteiger partial charge in [0.1, 0.15) is 12.7 Å². The molecule has 0 radical (unpaired) electrons. The summed E-state index contributed by atoms with van der Waals surface area (Å²) in [5, 5.41) is 10.5. The molecule has 0 amide bonds. The average Bonchev–Trinajstić information content (AvgIpc) is 2.99. The summed E-state index contributed by atoms with van der Waals surface area (Å²) in [4.78, 5) is 17.1. The Hall–Kier alpha value is -2.25. The predicted octanol–water partition coefficient (Wildman–Crippen LogP) is 1.73. The monoisotopic (exact) mass is 290 g/mol. The van der Waals surface area contributed by atoms with Crippen molar-refractivity contribution in [2.24, 2.45) is 5.92 Å². The van der Waals surface area contributed by atoms with Gasteiger partial charge in [-0.2, -0.15) is 24.7 Å². The molecule has 8 heteroatoms. The maximum Gasteiger partial charge on any atom is 0.258 e. The molecule has 0 bridgehead atoms. The molecule has 1 atom stereocenters. The third-order valence-electron chi connectivity index (χ3n) is 3.14. The number of anilines is 2. The van der Waals surface area contributed by atoms with Crippen LogP contribution in [0.25, 0.3) is 5.95 Å². The van der Waals surface area contributed by atoms with Crippen molar-refractivity contribution in [1.29, 1.82) is 0 Å². The molecule has 0 fully saturated rings. The van der Waals surface area contributed by atoms with Crippen molar-refractivity contribution < 1.29 is 0 Å². The molecule has 2 N–H and O–H groups in total. The Morgan fingerprint density at radius 1 is 1.14 bits per heavy atom. The molecule has 2 rings (SSSR count). The van der Waals surface area contributed by atoms with Crippen molar-refractivity contribution >= 4 is 11.9 Å². The first-order valence-electron chi connectivity index (χ1n) is 7.25. The van der Waals surface area contributed by atoms with Crippen LogP contribution in [0.3, 0.4) is 0 Å². The van der Waals surface area contributed by atoms with Gasteiger partial charge in [0, 0.05) is 12.6 Å². The normalized spacial score (nSPS) is 12.4. The molecular weight excluding hydrogens is 268 g/mol. The molecule has 0 aliphatic heterocycles. The third kappa shape index (κ3) is 3.87. The molecule has 114 valence electrons. The number of nitrogens with one attached hydrogen (secondary N) is 2. The molecule has 0 aromatic carbocycles. The highest BCUT2D eigenvalue weighted by molar-refractivity contribution is 5.38. The highest BCUT2D eigenvalue weighted by atomic mass is 15.4. The van der Waals surface area contributed by atoms with Gasteiger partial charge in [-0.3, -0.25) is 0 Å². The van der Waals surface area contributed by atoms with Crippen LogP contribution in [0.2, 0.25) is 0 Å². The number of aromatic nitrogens is 6. The maximum atomic E-state index is 4.42. The summed E-state index contributed by atoms with van der Waals surface area (Å²) in [7, 11) is 0. The third-order valence-corrected chi connectivity index (χ3v) is 3.14. The lowest BCUT2D eigenvalue weighted by molar-refractivity contribution is 0.507. The van der Waals surface area contributed by atoms with Crippen molar-refractivity contribution in [3.05, 3.63) is 12.7 Å². The molecule has 0 saturated heterocycles. The van der Waals surface area contributed by atoms with E-state index in [9.17, 15) is 0 Å². The molecule has 0 aliphatic rings. The van der Waals surface area contributed by atoms with Crippen molar-refractivity contribution in [2.45, 2.75) is 40.2 Å². The van der Waals surface area contributed by atoms with Gasteiger partial charge in [0.05, 0.1) is 0 Å². The average molecular weight is 290 g/mol. The van der Waals surface area contributed by atoms with Gasteiger partial charge in [-0.15, -0.1) is 0 Å². The van der Waals surface area contributed by atoms with Gasteiger partial charge in [0.15, 0.2) is 0 Å². The van der Waals surface area contributed by atoms with E-state index >= 15 is 0 Å². The zero-order chi connectivity index (χ0) is 15.2.